The molecule has 0 spiro atoms. The molecule has 122 valence electrons. The van der Waals surface area contributed by atoms with Crippen LogP contribution in [0.4, 0.5) is 0 Å². The molecule has 0 aliphatic rings. The molecular formula is C18H22ClN3O. The van der Waals surface area contributed by atoms with Crippen LogP contribution in [-0.2, 0) is 13.1 Å². The lowest BCUT2D eigenvalue weighted by Gasteiger charge is -2.15. The number of aromatic nitrogens is 2. The molecule has 0 atom stereocenters. The molecule has 0 N–H and O–H groups in total. The van der Waals surface area contributed by atoms with Crippen molar-refractivity contribution in [2.24, 2.45) is 0 Å². The number of likely N-dealkylation sites (N-methyl/N-ethyl adjacent to an activating group) is 1. The Labute approximate surface area is 142 Å². The first-order chi connectivity index (χ1) is 10.9. The van der Waals surface area contributed by atoms with Crippen molar-refractivity contribution in [2.75, 3.05) is 13.6 Å². The minimum atomic E-state index is 0.123. The van der Waals surface area contributed by atoms with Gasteiger partial charge in [0.25, 0.3) is 0 Å². The summed E-state index contributed by atoms with van der Waals surface area (Å²) in [5.74, 6) is 0.123. The van der Waals surface area contributed by atoms with E-state index in [1.54, 1.807) is 12.3 Å². The van der Waals surface area contributed by atoms with E-state index in [0.29, 0.717) is 18.2 Å². The Bertz CT molecular complexity index is 704. The number of hydrogen-bond acceptors (Lipinski definition) is 3. The minimum absolute atomic E-state index is 0.123. The second kappa shape index (κ2) is 7.57. The smallest absolute Gasteiger partial charge is 0.178 e. The van der Waals surface area contributed by atoms with E-state index >= 15 is 0 Å². The van der Waals surface area contributed by atoms with E-state index in [2.05, 4.69) is 16.1 Å². The van der Waals surface area contributed by atoms with Gasteiger partial charge < -0.3 is 4.57 Å². The number of halogens is 1. The Morgan fingerprint density at radius 1 is 1.43 bits per heavy atom. The highest BCUT2D eigenvalue weighted by atomic mass is 35.5. The van der Waals surface area contributed by atoms with E-state index in [1.165, 1.54) is 0 Å². The average molecular weight is 332 g/mol. The van der Waals surface area contributed by atoms with Crippen molar-refractivity contribution in [3.63, 3.8) is 0 Å². The van der Waals surface area contributed by atoms with E-state index in [1.807, 2.05) is 44.0 Å². The molecule has 0 bridgehead atoms. The summed E-state index contributed by atoms with van der Waals surface area (Å²) in [6.45, 7) is 9.49. The zero-order valence-electron chi connectivity index (χ0n) is 13.8. The van der Waals surface area contributed by atoms with Gasteiger partial charge in [0, 0.05) is 36.2 Å². The van der Waals surface area contributed by atoms with Gasteiger partial charge in [0.2, 0.25) is 0 Å². The lowest BCUT2D eigenvalue weighted by atomic mass is 10.1. The highest BCUT2D eigenvalue weighted by molar-refractivity contribution is 6.29. The Hall–Kier alpha value is -1.91. The number of nitrogens with zero attached hydrogens (tertiary/aromatic N) is 3. The number of pyridine rings is 1. The van der Waals surface area contributed by atoms with Crippen LogP contribution in [-0.4, -0.2) is 33.8 Å². The van der Waals surface area contributed by atoms with Crippen molar-refractivity contribution in [2.45, 2.75) is 26.9 Å². The summed E-state index contributed by atoms with van der Waals surface area (Å²) >= 11 is 5.78. The monoisotopic (exact) mass is 331 g/mol. The van der Waals surface area contributed by atoms with Gasteiger partial charge in [-0.25, -0.2) is 4.98 Å². The minimum Gasteiger partial charge on any atom is -0.345 e. The molecule has 0 aliphatic heterocycles. The summed E-state index contributed by atoms with van der Waals surface area (Å²) in [6.07, 6.45) is 3.58. The van der Waals surface area contributed by atoms with Crippen LogP contribution in [0.1, 0.15) is 27.3 Å². The molecule has 23 heavy (non-hydrogen) atoms. The third-order valence-corrected chi connectivity index (χ3v) is 4.06. The maximum Gasteiger partial charge on any atom is 0.178 e. The molecule has 2 aromatic rings. The van der Waals surface area contributed by atoms with Crippen LogP contribution in [0.3, 0.4) is 0 Å². The molecule has 0 unspecified atom stereocenters. The zero-order valence-corrected chi connectivity index (χ0v) is 14.6. The number of allylic oxidation sites excluding steroid dienone is 1. The molecule has 2 aromatic heterocycles. The van der Waals surface area contributed by atoms with Gasteiger partial charge >= 0.3 is 0 Å². The molecule has 0 aliphatic carbocycles. The molecule has 5 heteroatoms. The lowest BCUT2D eigenvalue weighted by molar-refractivity contribution is 0.0942. The molecule has 0 saturated carbocycles. The standard InChI is InChI=1S/C18H22ClN3O/c1-5-8-22-13(2)9-16(14(22)3)17(23)12-21(4)11-15-6-7-18(19)20-10-15/h5-7,9-10H,1,8,11-12H2,2-4H3. The van der Waals surface area contributed by atoms with Crippen LogP contribution in [0.25, 0.3) is 0 Å². The normalized spacial score (nSPS) is 11.0. The van der Waals surface area contributed by atoms with Gasteiger partial charge in [0.05, 0.1) is 6.54 Å². The first-order valence-electron chi connectivity index (χ1n) is 7.52. The molecular weight excluding hydrogens is 310 g/mol. The van der Waals surface area contributed by atoms with Crippen LogP contribution in [0.2, 0.25) is 5.15 Å². The number of hydrogen-bond donors (Lipinski definition) is 0. The molecule has 0 amide bonds. The van der Waals surface area contributed by atoms with Gasteiger partial charge in [-0.3, -0.25) is 9.69 Å². The van der Waals surface area contributed by atoms with E-state index in [9.17, 15) is 4.79 Å². The number of ketones is 1. The van der Waals surface area contributed by atoms with E-state index in [0.717, 1.165) is 29.1 Å². The van der Waals surface area contributed by atoms with Crippen molar-refractivity contribution >= 4 is 17.4 Å². The number of Topliss-reactive ketones (excluding diaryl/α,β-unsaturated/α-hetero) is 1. The van der Waals surface area contributed by atoms with Crippen LogP contribution >= 0.6 is 11.6 Å². The molecule has 0 saturated heterocycles. The van der Waals surface area contributed by atoms with E-state index < -0.39 is 0 Å². The van der Waals surface area contributed by atoms with Crippen LogP contribution in [0.5, 0.6) is 0 Å². The predicted molar refractivity (Wildman–Crippen MR) is 94.0 cm³/mol. The number of rotatable bonds is 7. The van der Waals surface area contributed by atoms with Gasteiger partial charge in [-0.2, -0.15) is 0 Å². The van der Waals surface area contributed by atoms with Crippen molar-refractivity contribution in [3.8, 4) is 0 Å². The summed E-state index contributed by atoms with van der Waals surface area (Å²) in [5.41, 5.74) is 3.89. The van der Waals surface area contributed by atoms with Gasteiger partial charge in [-0.15, -0.1) is 6.58 Å². The van der Waals surface area contributed by atoms with Gasteiger partial charge in [0.15, 0.2) is 5.78 Å². The van der Waals surface area contributed by atoms with Gasteiger partial charge in [-0.1, -0.05) is 23.7 Å². The van der Waals surface area contributed by atoms with Crippen LogP contribution in [0, 0.1) is 13.8 Å². The lowest BCUT2D eigenvalue weighted by Crippen LogP contribution is -2.26. The molecule has 2 heterocycles. The first kappa shape index (κ1) is 17.4. The number of carbonyl (C=O) groups excluding carboxylic acids is 1. The zero-order chi connectivity index (χ0) is 17.0. The first-order valence-corrected chi connectivity index (χ1v) is 7.90. The van der Waals surface area contributed by atoms with Crippen molar-refractivity contribution in [1.29, 1.82) is 0 Å². The van der Waals surface area contributed by atoms with Crippen LogP contribution < -0.4 is 0 Å². The Kier molecular flexibility index (Phi) is 5.74. The molecule has 0 radical (unpaired) electrons. The third-order valence-electron chi connectivity index (χ3n) is 3.84. The maximum atomic E-state index is 12.6. The summed E-state index contributed by atoms with van der Waals surface area (Å²) in [5, 5.41) is 0.474. The van der Waals surface area contributed by atoms with Crippen LogP contribution in [0.15, 0.2) is 37.1 Å². The topological polar surface area (TPSA) is 38.1 Å². The molecule has 0 aromatic carbocycles. The third kappa shape index (κ3) is 4.30. The van der Waals surface area contributed by atoms with Gasteiger partial charge in [-0.05, 0) is 38.6 Å². The molecule has 2 rings (SSSR count). The average Bonchev–Trinajstić information content (AvgIpc) is 2.78. The summed E-state index contributed by atoms with van der Waals surface area (Å²) < 4.78 is 2.10. The number of carbonyl (C=O) groups is 1. The van der Waals surface area contributed by atoms with Crippen molar-refractivity contribution < 1.29 is 4.79 Å². The second-order valence-electron chi connectivity index (χ2n) is 5.77. The van der Waals surface area contributed by atoms with Gasteiger partial charge in [0.1, 0.15) is 5.15 Å². The summed E-state index contributed by atoms with van der Waals surface area (Å²) in [6, 6.07) is 5.64. The fourth-order valence-corrected chi connectivity index (χ4v) is 2.80. The predicted octanol–water partition coefficient (Wildman–Crippen LogP) is 3.65. The highest BCUT2D eigenvalue weighted by Gasteiger charge is 2.16. The highest BCUT2D eigenvalue weighted by Crippen LogP contribution is 2.16. The second-order valence-corrected chi connectivity index (χ2v) is 6.16. The fraction of sp³-hybridized carbons (Fsp3) is 0.333. The van der Waals surface area contributed by atoms with Crippen molar-refractivity contribution in [1.82, 2.24) is 14.5 Å². The van der Waals surface area contributed by atoms with Crippen molar-refractivity contribution in [3.05, 3.63) is 64.7 Å². The largest absolute Gasteiger partial charge is 0.345 e. The maximum absolute atomic E-state index is 12.6. The Morgan fingerprint density at radius 2 is 2.17 bits per heavy atom. The van der Waals surface area contributed by atoms with E-state index in [-0.39, 0.29) is 5.78 Å². The number of aryl methyl sites for hydroxylation is 1. The SMILES string of the molecule is C=CCn1c(C)cc(C(=O)CN(C)Cc2ccc(Cl)nc2)c1C. The van der Waals surface area contributed by atoms with E-state index in [4.69, 9.17) is 11.6 Å². The summed E-state index contributed by atoms with van der Waals surface area (Å²) in [4.78, 5) is 18.6. The Morgan fingerprint density at radius 3 is 2.78 bits per heavy atom. The molecule has 0 fully saturated rings. The fourth-order valence-electron chi connectivity index (χ4n) is 2.69. The quantitative estimate of drug-likeness (QED) is 0.441. The molecule has 4 nitrogen and oxygen atoms in total. The Balaban J connectivity index is 2.05. The summed E-state index contributed by atoms with van der Waals surface area (Å²) in [7, 11) is 1.93.